The molecule has 1 saturated carbocycles. The van der Waals surface area contributed by atoms with Crippen molar-refractivity contribution >= 4 is 6.03 Å². The number of carbonyl (C=O) groups excluding carboxylic acids is 1. The summed E-state index contributed by atoms with van der Waals surface area (Å²) >= 11 is 0. The molecule has 0 atom stereocenters. The van der Waals surface area contributed by atoms with E-state index in [0.29, 0.717) is 6.04 Å². The first-order valence-corrected chi connectivity index (χ1v) is 5.97. The van der Waals surface area contributed by atoms with Gasteiger partial charge in [0.1, 0.15) is 0 Å². The normalized spacial score (nSPS) is 25.4. The van der Waals surface area contributed by atoms with Crippen molar-refractivity contribution in [2.45, 2.75) is 50.6 Å². The Balaban J connectivity index is 1.75. The number of urea groups is 1. The van der Waals surface area contributed by atoms with Crippen LogP contribution in [0.2, 0.25) is 0 Å². The minimum absolute atomic E-state index is 0.0148. The van der Waals surface area contributed by atoms with Crippen LogP contribution >= 0.6 is 0 Å². The monoisotopic (exact) mass is 211 g/mol. The molecule has 0 unspecified atom stereocenters. The highest BCUT2D eigenvalue weighted by Gasteiger charge is 2.29. The second kappa shape index (κ2) is 4.39. The van der Waals surface area contributed by atoms with Gasteiger partial charge in [-0.25, -0.2) is 4.79 Å². The quantitative estimate of drug-likeness (QED) is 0.638. The van der Waals surface area contributed by atoms with E-state index in [0.717, 1.165) is 38.8 Å². The van der Waals surface area contributed by atoms with Crippen molar-refractivity contribution in [1.82, 2.24) is 16.0 Å². The molecule has 1 aliphatic carbocycles. The maximum absolute atomic E-state index is 11.7. The Morgan fingerprint density at radius 2 is 2.00 bits per heavy atom. The van der Waals surface area contributed by atoms with Gasteiger partial charge < -0.3 is 16.0 Å². The van der Waals surface area contributed by atoms with E-state index in [1.165, 1.54) is 6.42 Å². The van der Waals surface area contributed by atoms with Crippen molar-refractivity contribution in [1.29, 1.82) is 0 Å². The van der Waals surface area contributed by atoms with Gasteiger partial charge in [-0.3, -0.25) is 0 Å². The largest absolute Gasteiger partial charge is 0.335 e. The third-order valence-electron chi connectivity index (χ3n) is 3.56. The lowest BCUT2D eigenvalue weighted by atomic mass is 9.90. The molecule has 0 bridgehead atoms. The third kappa shape index (κ3) is 2.84. The highest BCUT2D eigenvalue weighted by Crippen LogP contribution is 2.19. The molecule has 0 aromatic rings. The lowest BCUT2D eigenvalue weighted by Gasteiger charge is -2.36. The Bertz CT molecular complexity index is 232. The van der Waals surface area contributed by atoms with Gasteiger partial charge in [0.25, 0.3) is 0 Å². The van der Waals surface area contributed by atoms with Crippen LogP contribution in [0.5, 0.6) is 0 Å². The Morgan fingerprint density at radius 1 is 1.33 bits per heavy atom. The van der Waals surface area contributed by atoms with Gasteiger partial charge in [0.05, 0.1) is 0 Å². The molecule has 1 saturated heterocycles. The van der Waals surface area contributed by atoms with E-state index in [2.05, 4.69) is 22.9 Å². The molecule has 0 radical (unpaired) electrons. The molecule has 2 aliphatic rings. The summed E-state index contributed by atoms with van der Waals surface area (Å²) in [5, 5.41) is 9.43. The number of amides is 2. The number of carbonyl (C=O) groups is 1. The molecule has 0 spiro atoms. The van der Waals surface area contributed by atoms with Gasteiger partial charge in [-0.05, 0) is 52.1 Å². The van der Waals surface area contributed by atoms with Crippen molar-refractivity contribution in [3.8, 4) is 0 Å². The fraction of sp³-hybridized carbons (Fsp3) is 0.909. The third-order valence-corrected chi connectivity index (χ3v) is 3.56. The van der Waals surface area contributed by atoms with Crippen LogP contribution in [0.25, 0.3) is 0 Å². The van der Waals surface area contributed by atoms with Gasteiger partial charge >= 0.3 is 6.03 Å². The molecule has 1 aliphatic heterocycles. The Morgan fingerprint density at radius 3 is 2.53 bits per heavy atom. The van der Waals surface area contributed by atoms with Crippen molar-refractivity contribution in [2.75, 3.05) is 13.1 Å². The van der Waals surface area contributed by atoms with E-state index in [1.807, 2.05) is 0 Å². The van der Waals surface area contributed by atoms with E-state index in [-0.39, 0.29) is 11.6 Å². The number of rotatable bonds is 2. The highest BCUT2D eigenvalue weighted by molar-refractivity contribution is 5.75. The maximum atomic E-state index is 11.7. The maximum Gasteiger partial charge on any atom is 0.315 e. The number of hydrogen-bond acceptors (Lipinski definition) is 2. The van der Waals surface area contributed by atoms with Crippen LogP contribution in [-0.4, -0.2) is 30.7 Å². The second-order valence-electron chi connectivity index (χ2n) is 5.04. The lowest BCUT2D eigenvalue weighted by Crippen LogP contribution is -2.57. The summed E-state index contributed by atoms with van der Waals surface area (Å²) in [6.45, 7) is 4.13. The smallest absolute Gasteiger partial charge is 0.315 e. The lowest BCUT2D eigenvalue weighted by molar-refractivity contribution is 0.204. The first-order chi connectivity index (χ1) is 7.18. The van der Waals surface area contributed by atoms with Crippen LogP contribution in [0.15, 0.2) is 0 Å². The molecule has 4 heteroatoms. The minimum atomic E-state index is -0.0148. The zero-order valence-electron chi connectivity index (χ0n) is 9.44. The summed E-state index contributed by atoms with van der Waals surface area (Å²) in [7, 11) is 0. The van der Waals surface area contributed by atoms with E-state index < -0.39 is 0 Å². The molecular formula is C11H21N3O. The van der Waals surface area contributed by atoms with Gasteiger partial charge in [-0.2, -0.15) is 0 Å². The van der Waals surface area contributed by atoms with Gasteiger partial charge in [0.15, 0.2) is 0 Å². The summed E-state index contributed by atoms with van der Waals surface area (Å²) in [6, 6.07) is 0.444. The van der Waals surface area contributed by atoms with Gasteiger partial charge in [0.2, 0.25) is 0 Å². The van der Waals surface area contributed by atoms with E-state index >= 15 is 0 Å². The van der Waals surface area contributed by atoms with E-state index in [1.54, 1.807) is 0 Å². The van der Waals surface area contributed by atoms with Crippen LogP contribution < -0.4 is 16.0 Å². The van der Waals surface area contributed by atoms with Gasteiger partial charge in [0, 0.05) is 11.6 Å². The van der Waals surface area contributed by atoms with Crippen LogP contribution in [0, 0.1) is 0 Å². The molecule has 3 N–H and O–H groups in total. The van der Waals surface area contributed by atoms with Crippen molar-refractivity contribution < 1.29 is 4.79 Å². The van der Waals surface area contributed by atoms with Crippen molar-refractivity contribution in [3.05, 3.63) is 0 Å². The zero-order valence-corrected chi connectivity index (χ0v) is 9.44. The number of hydrogen-bond donors (Lipinski definition) is 3. The molecule has 1 heterocycles. The summed E-state index contributed by atoms with van der Waals surface area (Å²) in [5.41, 5.74) is -0.0148. The molecule has 2 rings (SSSR count). The van der Waals surface area contributed by atoms with Gasteiger partial charge in [-0.15, -0.1) is 0 Å². The Kier molecular flexibility index (Phi) is 3.14. The van der Waals surface area contributed by atoms with E-state index in [9.17, 15) is 4.79 Å². The van der Waals surface area contributed by atoms with Crippen LogP contribution in [-0.2, 0) is 0 Å². The standard InChI is InChI=1S/C11H21N3O/c1-11(5-7-12-8-6-11)14-10(15)13-9-3-2-4-9/h9,12H,2-8H2,1H3,(H2,13,14,15). The fourth-order valence-electron chi connectivity index (χ4n) is 2.15. The minimum Gasteiger partial charge on any atom is -0.335 e. The summed E-state index contributed by atoms with van der Waals surface area (Å²) in [4.78, 5) is 11.7. The molecule has 2 amide bonds. The highest BCUT2D eigenvalue weighted by atomic mass is 16.2. The van der Waals surface area contributed by atoms with Crippen LogP contribution in [0.4, 0.5) is 4.79 Å². The first kappa shape index (κ1) is 10.7. The average Bonchev–Trinajstić information content (AvgIpc) is 2.12. The average molecular weight is 211 g/mol. The molecule has 0 aromatic carbocycles. The van der Waals surface area contributed by atoms with Crippen LogP contribution in [0.3, 0.4) is 0 Å². The first-order valence-electron chi connectivity index (χ1n) is 5.97. The van der Waals surface area contributed by atoms with Crippen molar-refractivity contribution in [2.24, 2.45) is 0 Å². The Labute approximate surface area is 91.2 Å². The summed E-state index contributed by atoms with van der Waals surface area (Å²) in [6.07, 6.45) is 5.58. The van der Waals surface area contributed by atoms with Gasteiger partial charge in [-0.1, -0.05) is 0 Å². The SMILES string of the molecule is CC1(NC(=O)NC2CCC2)CCNCC1. The molecule has 2 fully saturated rings. The number of nitrogens with one attached hydrogen (secondary N) is 3. The fourth-order valence-corrected chi connectivity index (χ4v) is 2.15. The predicted octanol–water partition coefficient (Wildman–Crippen LogP) is 0.980. The summed E-state index contributed by atoms with van der Waals surface area (Å²) in [5.74, 6) is 0. The topological polar surface area (TPSA) is 53.2 Å². The molecule has 4 nitrogen and oxygen atoms in total. The van der Waals surface area contributed by atoms with Crippen LogP contribution in [0.1, 0.15) is 39.0 Å². The van der Waals surface area contributed by atoms with Crippen molar-refractivity contribution in [3.63, 3.8) is 0 Å². The number of piperidine rings is 1. The Hall–Kier alpha value is -0.770. The zero-order chi connectivity index (χ0) is 10.7. The molecule has 15 heavy (non-hydrogen) atoms. The summed E-state index contributed by atoms with van der Waals surface area (Å²) < 4.78 is 0. The molecule has 0 aromatic heterocycles. The van der Waals surface area contributed by atoms with E-state index in [4.69, 9.17) is 0 Å². The molecular weight excluding hydrogens is 190 g/mol. The second-order valence-corrected chi connectivity index (χ2v) is 5.04. The molecule has 86 valence electrons. The predicted molar refractivity (Wildman–Crippen MR) is 59.8 cm³/mol.